The summed E-state index contributed by atoms with van der Waals surface area (Å²) in [4.78, 5) is 29.1. The van der Waals surface area contributed by atoms with E-state index in [0.717, 1.165) is 0 Å². The van der Waals surface area contributed by atoms with E-state index in [4.69, 9.17) is 26.2 Å². The van der Waals surface area contributed by atoms with E-state index >= 15 is 0 Å². The fourth-order valence-electron chi connectivity index (χ4n) is 3.25. The van der Waals surface area contributed by atoms with Gasteiger partial charge in [-0.2, -0.15) is 4.80 Å². The molecule has 2 atom stereocenters. The van der Waals surface area contributed by atoms with Gasteiger partial charge in [0.2, 0.25) is 5.82 Å². The second kappa shape index (κ2) is 10.2. The largest absolute Gasteiger partial charge is 0.479 e. The van der Waals surface area contributed by atoms with Crippen molar-refractivity contribution in [1.82, 2.24) is 30.5 Å². The maximum absolute atomic E-state index is 13.3. The lowest BCUT2D eigenvalue weighted by atomic mass is 10.1. The standard InChI is InChI=1S/C21H20ClFN6O5/c1-11-4-13(6-17(25-11)20(30)24-7-12-2-3-16(23)15(22)5-12)19-26-28-29(27-19)8-14-9-34-18(10-33-14)21(31)32/h2-6,14,18H,7-10H2,1H3,(H,24,30)(H,31,32). The molecule has 0 radical (unpaired) electrons. The number of halogens is 2. The first kappa shape index (κ1) is 23.7. The minimum absolute atomic E-state index is 0.0243. The zero-order valence-electron chi connectivity index (χ0n) is 17.9. The molecule has 1 fully saturated rings. The number of benzene rings is 1. The normalized spacial score (nSPS) is 18.0. The predicted octanol–water partition coefficient (Wildman–Crippen LogP) is 1.63. The van der Waals surface area contributed by atoms with Crippen LogP contribution < -0.4 is 5.32 Å². The molecule has 1 aliphatic heterocycles. The lowest BCUT2D eigenvalue weighted by Gasteiger charge is -2.26. The number of carbonyl (C=O) groups excluding carboxylic acids is 1. The van der Waals surface area contributed by atoms with Gasteiger partial charge in [0.05, 0.1) is 24.8 Å². The molecule has 11 nitrogen and oxygen atoms in total. The van der Waals surface area contributed by atoms with Crippen molar-refractivity contribution in [3.63, 3.8) is 0 Å². The van der Waals surface area contributed by atoms with Crippen LogP contribution in [0.1, 0.15) is 21.7 Å². The van der Waals surface area contributed by atoms with Gasteiger partial charge in [0.25, 0.3) is 5.91 Å². The van der Waals surface area contributed by atoms with E-state index < -0.39 is 29.9 Å². The van der Waals surface area contributed by atoms with Gasteiger partial charge in [-0.05, 0) is 42.0 Å². The van der Waals surface area contributed by atoms with Crippen molar-refractivity contribution in [1.29, 1.82) is 0 Å². The molecular weight excluding hydrogens is 471 g/mol. The van der Waals surface area contributed by atoms with Gasteiger partial charge >= 0.3 is 5.97 Å². The Morgan fingerprint density at radius 3 is 2.79 bits per heavy atom. The average Bonchev–Trinajstić information content (AvgIpc) is 3.28. The second-order valence-corrected chi connectivity index (χ2v) is 8.00. The van der Waals surface area contributed by atoms with Crippen molar-refractivity contribution in [2.24, 2.45) is 0 Å². The molecule has 2 unspecified atom stereocenters. The topological polar surface area (TPSA) is 141 Å². The molecule has 1 aliphatic rings. The Kier molecular flexibility index (Phi) is 7.10. The zero-order chi connectivity index (χ0) is 24.2. The number of hydrogen-bond acceptors (Lipinski definition) is 8. The minimum atomic E-state index is -1.08. The highest BCUT2D eigenvalue weighted by Crippen LogP contribution is 2.18. The third kappa shape index (κ3) is 5.71. The Morgan fingerprint density at radius 1 is 1.26 bits per heavy atom. The quantitative estimate of drug-likeness (QED) is 0.505. The van der Waals surface area contributed by atoms with Gasteiger partial charge in [0.1, 0.15) is 17.6 Å². The molecule has 34 heavy (non-hydrogen) atoms. The predicted molar refractivity (Wildman–Crippen MR) is 115 cm³/mol. The number of aryl methyl sites for hydroxylation is 1. The van der Waals surface area contributed by atoms with E-state index in [1.165, 1.54) is 23.0 Å². The van der Waals surface area contributed by atoms with Crippen molar-refractivity contribution >= 4 is 23.5 Å². The van der Waals surface area contributed by atoms with E-state index in [2.05, 4.69) is 25.7 Å². The zero-order valence-corrected chi connectivity index (χ0v) is 18.7. The van der Waals surface area contributed by atoms with Gasteiger partial charge in [-0.15, -0.1) is 10.2 Å². The van der Waals surface area contributed by atoms with Gasteiger partial charge < -0.3 is 19.9 Å². The van der Waals surface area contributed by atoms with E-state index in [-0.39, 0.29) is 42.8 Å². The number of pyridine rings is 1. The van der Waals surface area contributed by atoms with Crippen LogP contribution in [0.15, 0.2) is 30.3 Å². The van der Waals surface area contributed by atoms with Crippen LogP contribution in [0.3, 0.4) is 0 Å². The fraction of sp³-hybridized carbons (Fsp3) is 0.333. The van der Waals surface area contributed by atoms with Crippen LogP contribution in [0.4, 0.5) is 4.39 Å². The van der Waals surface area contributed by atoms with Crippen LogP contribution in [0.25, 0.3) is 11.4 Å². The van der Waals surface area contributed by atoms with E-state index in [1.54, 1.807) is 19.1 Å². The van der Waals surface area contributed by atoms with Gasteiger partial charge in [-0.25, -0.2) is 14.2 Å². The number of tetrazole rings is 1. The van der Waals surface area contributed by atoms with Crippen LogP contribution in [0, 0.1) is 12.7 Å². The van der Waals surface area contributed by atoms with Gasteiger partial charge in [0.15, 0.2) is 6.10 Å². The second-order valence-electron chi connectivity index (χ2n) is 7.60. The van der Waals surface area contributed by atoms with Gasteiger partial charge in [-0.3, -0.25) is 4.79 Å². The third-order valence-corrected chi connectivity index (χ3v) is 5.23. The number of rotatable bonds is 7. The number of carboxylic acid groups (broad SMARTS) is 1. The molecular formula is C21H20ClFN6O5. The molecule has 0 aliphatic carbocycles. The minimum Gasteiger partial charge on any atom is -0.479 e. The molecule has 2 N–H and O–H groups in total. The van der Waals surface area contributed by atoms with Crippen molar-refractivity contribution in [3.05, 3.63) is 58.1 Å². The lowest BCUT2D eigenvalue weighted by molar-refractivity contribution is -0.177. The molecule has 3 aromatic rings. The molecule has 0 saturated carbocycles. The van der Waals surface area contributed by atoms with Crippen molar-refractivity contribution in [2.75, 3.05) is 13.2 Å². The Labute approximate surface area is 197 Å². The van der Waals surface area contributed by atoms with E-state index in [1.807, 2.05) is 0 Å². The fourth-order valence-corrected chi connectivity index (χ4v) is 3.45. The highest BCUT2D eigenvalue weighted by atomic mass is 35.5. The molecule has 0 bridgehead atoms. The smallest absolute Gasteiger partial charge is 0.335 e. The molecule has 1 aromatic carbocycles. The molecule has 0 spiro atoms. The number of aliphatic carboxylic acids is 1. The summed E-state index contributed by atoms with van der Waals surface area (Å²) in [5.74, 6) is -1.76. The van der Waals surface area contributed by atoms with E-state index in [9.17, 15) is 14.0 Å². The summed E-state index contributed by atoms with van der Waals surface area (Å²) in [6, 6.07) is 7.46. The van der Waals surface area contributed by atoms with Crippen LogP contribution >= 0.6 is 11.6 Å². The number of hydrogen-bond donors (Lipinski definition) is 2. The Balaban J connectivity index is 1.41. The lowest BCUT2D eigenvalue weighted by Crippen LogP contribution is -2.42. The molecule has 2 aromatic heterocycles. The Morgan fingerprint density at radius 2 is 2.09 bits per heavy atom. The van der Waals surface area contributed by atoms with Gasteiger partial charge in [-0.1, -0.05) is 17.7 Å². The summed E-state index contributed by atoms with van der Waals surface area (Å²) >= 11 is 5.78. The van der Waals surface area contributed by atoms with E-state index in [0.29, 0.717) is 16.8 Å². The Bertz CT molecular complexity index is 1210. The van der Waals surface area contributed by atoms with Crippen LogP contribution in [-0.4, -0.2) is 67.6 Å². The third-order valence-electron chi connectivity index (χ3n) is 4.94. The number of amides is 1. The number of nitrogens with zero attached hydrogens (tertiary/aromatic N) is 5. The molecule has 1 saturated heterocycles. The summed E-state index contributed by atoms with van der Waals surface area (Å²) in [6.07, 6.45) is -1.40. The molecule has 4 rings (SSSR count). The molecule has 1 amide bonds. The highest BCUT2D eigenvalue weighted by molar-refractivity contribution is 6.30. The van der Waals surface area contributed by atoms with Crippen molar-refractivity contribution < 1.29 is 28.6 Å². The van der Waals surface area contributed by atoms with Crippen molar-refractivity contribution in [3.8, 4) is 11.4 Å². The molecule has 3 heterocycles. The number of aromatic nitrogens is 5. The van der Waals surface area contributed by atoms with Crippen LogP contribution in [0.2, 0.25) is 5.02 Å². The summed E-state index contributed by atoms with van der Waals surface area (Å²) < 4.78 is 24.0. The van der Waals surface area contributed by atoms with Gasteiger partial charge in [0, 0.05) is 17.8 Å². The summed E-state index contributed by atoms with van der Waals surface area (Å²) in [7, 11) is 0. The maximum atomic E-state index is 13.3. The number of carboxylic acids is 1. The number of nitrogens with one attached hydrogen (secondary N) is 1. The highest BCUT2D eigenvalue weighted by Gasteiger charge is 2.28. The monoisotopic (exact) mass is 490 g/mol. The summed E-state index contributed by atoms with van der Waals surface area (Å²) in [5.41, 5.74) is 1.91. The number of ether oxygens (including phenoxy) is 2. The summed E-state index contributed by atoms with van der Waals surface area (Å²) in [6.45, 7) is 2.12. The van der Waals surface area contributed by atoms with Crippen LogP contribution in [-0.2, 0) is 27.4 Å². The SMILES string of the molecule is Cc1cc(-c2nnn(CC3COC(C(=O)O)CO3)n2)cc(C(=O)NCc2ccc(F)c(Cl)c2)n1. The molecule has 178 valence electrons. The first-order valence-corrected chi connectivity index (χ1v) is 10.6. The first-order valence-electron chi connectivity index (χ1n) is 10.2. The average molecular weight is 491 g/mol. The maximum Gasteiger partial charge on any atom is 0.335 e. The molecule has 13 heteroatoms. The number of carbonyl (C=O) groups is 2. The van der Waals surface area contributed by atoms with Crippen LogP contribution in [0.5, 0.6) is 0 Å². The van der Waals surface area contributed by atoms with Crippen molar-refractivity contribution in [2.45, 2.75) is 32.2 Å². The Hall–Kier alpha value is -3.48. The summed E-state index contributed by atoms with van der Waals surface area (Å²) in [5, 5.41) is 24.0. The first-order chi connectivity index (χ1) is 16.3.